The summed E-state index contributed by atoms with van der Waals surface area (Å²) in [6.07, 6.45) is 3.52. The highest BCUT2D eigenvalue weighted by molar-refractivity contribution is 9.10. The van der Waals surface area contributed by atoms with Gasteiger partial charge in [-0.1, -0.05) is 22.0 Å². The Morgan fingerprint density at radius 1 is 1.12 bits per heavy atom. The first-order chi connectivity index (χ1) is 12.4. The molecule has 2 aromatic heterocycles. The zero-order chi connectivity index (χ0) is 18.7. The highest BCUT2D eigenvalue weighted by Gasteiger charge is 2.08. The maximum Gasteiger partial charge on any atom is 0.151 e. The summed E-state index contributed by atoms with van der Waals surface area (Å²) >= 11 is 3.45. The Labute approximate surface area is 158 Å². The van der Waals surface area contributed by atoms with E-state index in [1.54, 1.807) is 25.3 Å². The summed E-state index contributed by atoms with van der Waals surface area (Å²) in [6.45, 7) is 1.66. The first kappa shape index (κ1) is 17.8. The Bertz CT molecular complexity index is 1020. The summed E-state index contributed by atoms with van der Waals surface area (Å²) in [6, 6.07) is 9.20. The van der Waals surface area contributed by atoms with Crippen molar-refractivity contribution in [2.75, 3.05) is 5.73 Å². The minimum Gasteiger partial charge on any atom is -0.382 e. The van der Waals surface area contributed by atoms with Crippen molar-refractivity contribution in [3.05, 3.63) is 52.9 Å². The lowest BCUT2D eigenvalue weighted by Crippen LogP contribution is -2.06. The van der Waals surface area contributed by atoms with Crippen LogP contribution in [0.4, 0.5) is 17.2 Å². The fourth-order valence-electron chi connectivity index (χ4n) is 2.38. The third kappa shape index (κ3) is 3.97. The Morgan fingerprint density at radius 2 is 1.92 bits per heavy atom. The molecule has 0 saturated carbocycles. The molecular formula is C18H16BrN7. The zero-order valence-corrected chi connectivity index (χ0v) is 15.6. The van der Waals surface area contributed by atoms with Gasteiger partial charge in [-0.15, -0.1) is 10.2 Å². The lowest BCUT2D eigenvalue weighted by atomic mass is 10.1. The molecule has 0 atom stereocenters. The SMILES string of the molecule is CC(=N)CC(=N)c1ccc(N=Nc2c(N)ncc3ccc(Br)cc23)cn1. The lowest BCUT2D eigenvalue weighted by Gasteiger charge is -2.05. The van der Waals surface area contributed by atoms with Gasteiger partial charge in [0.2, 0.25) is 0 Å². The van der Waals surface area contributed by atoms with Crippen molar-refractivity contribution in [1.29, 1.82) is 10.8 Å². The van der Waals surface area contributed by atoms with Gasteiger partial charge in [-0.25, -0.2) is 4.98 Å². The number of nitrogens with one attached hydrogen (secondary N) is 2. The fraction of sp³-hybridized carbons (Fsp3) is 0.111. The normalized spacial score (nSPS) is 11.2. The highest BCUT2D eigenvalue weighted by Crippen LogP contribution is 2.33. The molecule has 3 aromatic rings. The molecule has 7 nitrogen and oxygen atoms in total. The van der Waals surface area contributed by atoms with Crippen LogP contribution in [0.15, 0.2) is 57.4 Å². The lowest BCUT2D eigenvalue weighted by molar-refractivity contribution is 1.17. The van der Waals surface area contributed by atoms with Crippen LogP contribution in [0.1, 0.15) is 19.0 Å². The van der Waals surface area contributed by atoms with E-state index in [4.69, 9.17) is 16.6 Å². The molecular weight excluding hydrogens is 394 g/mol. The number of fused-ring (bicyclic) bond motifs is 1. The van der Waals surface area contributed by atoms with Gasteiger partial charge in [0.25, 0.3) is 0 Å². The molecule has 4 N–H and O–H groups in total. The maximum absolute atomic E-state index is 7.92. The van der Waals surface area contributed by atoms with E-state index in [0.717, 1.165) is 15.2 Å². The summed E-state index contributed by atoms with van der Waals surface area (Å²) in [7, 11) is 0. The van der Waals surface area contributed by atoms with Gasteiger partial charge in [0.1, 0.15) is 11.4 Å². The van der Waals surface area contributed by atoms with Crippen LogP contribution >= 0.6 is 15.9 Å². The molecule has 0 spiro atoms. The van der Waals surface area contributed by atoms with Gasteiger partial charge in [0, 0.05) is 33.6 Å². The Morgan fingerprint density at radius 3 is 2.62 bits per heavy atom. The molecule has 0 amide bonds. The molecule has 0 fully saturated rings. The Hall–Kier alpha value is -3.00. The van der Waals surface area contributed by atoms with Crippen molar-refractivity contribution in [1.82, 2.24) is 9.97 Å². The van der Waals surface area contributed by atoms with Crippen LogP contribution in [-0.4, -0.2) is 21.4 Å². The van der Waals surface area contributed by atoms with Crippen molar-refractivity contribution in [3.63, 3.8) is 0 Å². The number of nitrogen functional groups attached to an aromatic ring is 1. The number of azo groups is 1. The Balaban J connectivity index is 1.90. The maximum atomic E-state index is 7.92. The van der Waals surface area contributed by atoms with E-state index >= 15 is 0 Å². The van der Waals surface area contributed by atoms with Crippen LogP contribution in [0, 0.1) is 10.8 Å². The van der Waals surface area contributed by atoms with E-state index in [9.17, 15) is 0 Å². The third-order valence-electron chi connectivity index (χ3n) is 3.62. The van der Waals surface area contributed by atoms with Crippen molar-refractivity contribution in [2.24, 2.45) is 10.2 Å². The summed E-state index contributed by atoms with van der Waals surface area (Å²) in [5, 5.41) is 25.6. The van der Waals surface area contributed by atoms with E-state index in [1.807, 2.05) is 18.2 Å². The molecule has 130 valence electrons. The standard InChI is InChI=1S/C18H16BrN7/c1-10(20)6-15(21)16-5-4-13(9-23-16)25-26-17-14-7-12(19)3-2-11(14)8-24-18(17)22/h2-5,7-9,20-21H,6H2,1H3,(H2,22,24). The number of hydrogen-bond acceptors (Lipinski definition) is 7. The fourth-order valence-corrected chi connectivity index (χ4v) is 2.74. The minimum absolute atomic E-state index is 0.279. The summed E-state index contributed by atoms with van der Waals surface area (Å²) in [5.41, 5.74) is 8.25. The van der Waals surface area contributed by atoms with E-state index < -0.39 is 0 Å². The largest absolute Gasteiger partial charge is 0.382 e. The average molecular weight is 410 g/mol. The highest BCUT2D eigenvalue weighted by atomic mass is 79.9. The van der Waals surface area contributed by atoms with Gasteiger partial charge < -0.3 is 16.6 Å². The van der Waals surface area contributed by atoms with Crippen molar-refractivity contribution >= 4 is 55.3 Å². The molecule has 8 heteroatoms. The van der Waals surface area contributed by atoms with Crippen LogP contribution < -0.4 is 5.73 Å². The predicted octanol–water partition coefficient (Wildman–Crippen LogP) is 5.19. The number of pyridine rings is 2. The van der Waals surface area contributed by atoms with Crippen LogP contribution in [0.5, 0.6) is 0 Å². The predicted molar refractivity (Wildman–Crippen MR) is 107 cm³/mol. The summed E-state index contributed by atoms with van der Waals surface area (Å²) < 4.78 is 0.915. The summed E-state index contributed by atoms with van der Waals surface area (Å²) in [4.78, 5) is 8.37. The second kappa shape index (κ2) is 7.49. The van der Waals surface area contributed by atoms with Gasteiger partial charge in [-0.3, -0.25) is 4.98 Å². The number of halogens is 1. The first-order valence-electron chi connectivity index (χ1n) is 7.77. The van der Waals surface area contributed by atoms with Crippen LogP contribution in [-0.2, 0) is 0 Å². The second-order valence-electron chi connectivity index (χ2n) is 5.76. The molecule has 2 heterocycles. The number of nitrogens with zero attached hydrogens (tertiary/aromatic N) is 4. The third-order valence-corrected chi connectivity index (χ3v) is 4.11. The van der Waals surface area contributed by atoms with Crippen molar-refractivity contribution in [2.45, 2.75) is 13.3 Å². The zero-order valence-electron chi connectivity index (χ0n) is 14.0. The van der Waals surface area contributed by atoms with E-state index in [-0.39, 0.29) is 6.42 Å². The number of nitrogens with two attached hydrogens (primary N) is 1. The number of benzene rings is 1. The monoisotopic (exact) mass is 409 g/mol. The molecule has 0 radical (unpaired) electrons. The van der Waals surface area contributed by atoms with Gasteiger partial charge in [-0.05, 0) is 31.2 Å². The number of anilines is 1. The van der Waals surface area contributed by atoms with Crippen molar-refractivity contribution < 1.29 is 0 Å². The van der Waals surface area contributed by atoms with Gasteiger partial charge in [0.15, 0.2) is 5.82 Å². The van der Waals surface area contributed by atoms with Crippen molar-refractivity contribution in [3.8, 4) is 0 Å². The number of aromatic nitrogens is 2. The number of hydrogen-bond donors (Lipinski definition) is 3. The quantitative estimate of drug-likeness (QED) is 0.396. The second-order valence-corrected chi connectivity index (χ2v) is 6.68. The van der Waals surface area contributed by atoms with Gasteiger partial charge >= 0.3 is 0 Å². The minimum atomic E-state index is 0.279. The smallest absolute Gasteiger partial charge is 0.151 e. The molecule has 0 aliphatic rings. The average Bonchev–Trinajstić information content (AvgIpc) is 2.60. The van der Waals surface area contributed by atoms with Crippen LogP contribution in [0.25, 0.3) is 10.8 Å². The topological polar surface area (TPSA) is 124 Å². The molecule has 0 unspecified atom stereocenters. The van der Waals surface area contributed by atoms with Crippen LogP contribution in [0.2, 0.25) is 0 Å². The molecule has 0 aliphatic heterocycles. The molecule has 0 saturated heterocycles. The number of rotatable bonds is 5. The van der Waals surface area contributed by atoms with Gasteiger partial charge in [0.05, 0.1) is 17.6 Å². The molecule has 3 rings (SSSR count). The molecule has 1 aromatic carbocycles. The summed E-state index contributed by atoms with van der Waals surface area (Å²) in [5.74, 6) is 0.298. The van der Waals surface area contributed by atoms with Gasteiger partial charge in [-0.2, -0.15) is 0 Å². The molecule has 0 aliphatic carbocycles. The van der Waals surface area contributed by atoms with E-state index in [0.29, 0.717) is 34.3 Å². The molecule has 0 bridgehead atoms. The Kier molecular flexibility index (Phi) is 5.13. The van der Waals surface area contributed by atoms with E-state index in [1.165, 1.54) is 6.20 Å². The van der Waals surface area contributed by atoms with E-state index in [2.05, 4.69) is 36.1 Å². The molecule has 26 heavy (non-hydrogen) atoms. The van der Waals surface area contributed by atoms with Crippen LogP contribution in [0.3, 0.4) is 0 Å². The first-order valence-corrected chi connectivity index (χ1v) is 8.56.